The van der Waals surface area contributed by atoms with Crippen LogP contribution in [0.3, 0.4) is 0 Å². The van der Waals surface area contributed by atoms with Crippen LogP contribution >= 0.6 is 0 Å². The molecule has 1 N–H and O–H groups in total. The Balaban J connectivity index is 2.14. The lowest BCUT2D eigenvalue weighted by Crippen LogP contribution is -2.10. The van der Waals surface area contributed by atoms with E-state index < -0.39 is 0 Å². The molecular weight excluding hydrogens is 246 g/mol. The van der Waals surface area contributed by atoms with Gasteiger partial charge in [-0.15, -0.1) is 0 Å². The Hall–Kier alpha value is -1.40. The standard InChI is InChI=1S/C13H23N3O3/c1-3-6-14-13-15-7-5-12(16-13)19-11-10-18-9-4-8-17-2/h5,7H,3-4,6,8-11H2,1-2H3,(H,14,15,16). The molecule has 1 aromatic rings. The molecule has 0 unspecified atom stereocenters. The van der Waals surface area contributed by atoms with Crippen LogP contribution in [0, 0.1) is 0 Å². The summed E-state index contributed by atoms with van der Waals surface area (Å²) in [5.74, 6) is 1.16. The van der Waals surface area contributed by atoms with Gasteiger partial charge in [-0.1, -0.05) is 6.92 Å². The van der Waals surface area contributed by atoms with E-state index in [1.165, 1.54) is 0 Å². The molecule has 1 rings (SSSR count). The molecule has 0 saturated carbocycles. The molecule has 0 spiro atoms. The van der Waals surface area contributed by atoms with E-state index in [-0.39, 0.29) is 0 Å². The summed E-state index contributed by atoms with van der Waals surface area (Å²) < 4.78 is 15.8. The number of ether oxygens (including phenoxy) is 3. The van der Waals surface area contributed by atoms with E-state index in [4.69, 9.17) is 14.2 Å². The lowest BCUT2D eigenvalue weighted by atomic mass is 10.5. The van der Waals surface area contributed by atoms with Gasteiger partial charge in [0.15, 0.2) is 0 Å². The quantitative estimate of drug-likeness (QED) is 0.617. The highest BCUT2D eigenvalue weighted by Crippen LogP contribution is 2.08. The van der Waals surface area contributed by atoms with Crippen molar-refractivity contribution >= 4 is 5.95 Å². The van der Waals surface area contributed by atoms with E-state index >= 15 is 0 Å². The van der Waals surface area contributed by atoms with Gasteiger partial charge < -0.3 is 19.5 Å². The summed E-state index contributed by atoms with van der Waals surface area (Å²) in [6, 6.07) is 1.74. The van der Waals surface area contributed by atoms with Crippen molar-refractivity contribution in [1.82, 2.24) is 9.97 Å². The van der Waals surface area contributed by atoms with Gasteiger partial charge in [0, 0.05) is 39.1 Å². The zero-order valence-electron chi connectivity index (χ0n) is 11.7. The van der Waals surface area contributed by atoms with Gasteiger partial charge >= 0.3 is 0 Å². The van der Waals surface area contributed by atoms with E-state index in [1.54, 1.807) is 19.4 Å². The molecule has 6 nitrogen and oxygen atoms in total. The zero-order chi connectivity index (χ0) is 13.8. The highest BCUT2D eigenvalue weighted by molar-refractivity contribution is 5.27. The first-order valence-corrected chi connectivity index (χ1v) is 6.63. The smallest absolute Gasteiger partial charge is 0.225 e. The fourth-order valence-corrected chi connectivity index (χ4v) is 1.36. The van der Waals surface area contributed by atoms with Crippen LogP contribution < -0.4 is 10.1 Å². The molecule has 0 fully saturated rings. The average Bonchev–Trinajstić information content (AvgIpc) is 2.44. The molecule has 0 amide bonds. The molecule has 0 atom stereocenters. The van der Waals surface area contributed by atoms with Crippen LogP contribution in [0.25, 0.3) is 0 Å². The van der Waals surface area contributed by atoms with E-state index in [2.05, 4.69) is 22.2 Å². The van der Waals surface area contributed by atoms with E-state index in [1.807, 2.05) is 0 Å². The van der Waals surface area contributed by atoms with Gasteiger partial charge in [0.05, 0.1) is 6.61 Å². The second kappa shape index (κ2) is 10.5. The van der Waals surface area contributed by atoms with E-state index in [0.717, 1.165) is 26.0 Å². The van der Waals surface area contributed by atoms with Crippen molar-refractivity contribution in [2.24, 2.45) is 0 Å². The maximum Gasteiger partial charge on any atom is 0.225 e. The molecule has 6 heteroatoms. The molecule has 19 heavy (non-hydrogen) atoms. The van der Waals surface area contributed by atoms with E-state index in [9.17, 15) is 0 Å². The fourth-order valence-electron chi connectivity index (χ4n) is 1.36. The molecule has 108 valence electrons. The lowest BCUT2D eigenvalue weighted by Gasteiger charge is -2.08. The number of rotatable bonds is 11. The molecule has 0 saturated heterocycles. The molecule has 0 aliphatic carbocycles. The van der Waals surface area contributed by atoms with Crippen LogP contribution in [-0.2, 0) is 9.47 Å². The van der Waals surface area contributed by atoms with Gasteiger partial charge in [-0.3, -0.25) is 0 Å². The van der Waals surface area contributed by atoms with Crippen LogP contribution in [0.4, 0.5) is 5.95 Å². The summed E-state index contributed by atoms with van der Waals surface area (Å²) in [5, 5.41) is 3.11. The monoisotopic (exact) mass is 269 g/mol. The van der Waals surface area contributed by atoms with Crippen molar-refractivity contribution in [2.45, 2.75) is 19.8 Å². The Morgan fingerprint density at radius 1 is 1.21 bits per heavy atom. The summed E-state index contributed by atoms with van der Waals surface area (Å²) in [7, 11) is 1.68. The molecule has 1 heterocycles. The third-order valence-corrected chi connectivity index (χ3v) is 2.28. The number of nitrogens with zero attached hydrogens (tertiary/aromatic N) is 2. The molecular formula is C13H23N3O3. The van der Waals surface area contributed by atoms with Crippen LogP contribution in [-0.4, -0.2) is 50.1 Å². The summed E-state index contributed by atoms with van der Waals surface area (Å²) in [6.45, 7) is 5.38. The zero-order valence-corrected chi connectivity index (χ0v) is 11.7. The Kier molecular flexibility index (Phi) is 8.67. The predicted octanol–water partition coefficient (Wildman–Crippen LogP) is 1.73. The van der Waals surface area contributed by atoms with Crippen molar-refractivity contribution < 1.29 is 14.2 Å². The number of anilines is 1. The van der Waals surface area contributed by atoms with E-state index in [0.29, 0.717) is 31.6 Å². The molecule has 1 aromatic heterocycles. The highest BCUT2D eigenvalue weighted by atomic mass is 16.5. The van der Waals surface area contributed by atoms with Gasteiger partial charge in [0.2, 0.25) is 11.8 Å². The lowest BCUT2D eigenvalue weighted by molar-refractivity contribution is 0.0795. The van der Waals surface area contributed by atoms with Gasteiger partial charge in [0.25, 0.3) is 0 Å². The van der Waals surface area contributed by atoms with Crippen molar-refractivity contribution in [3.05, 3.63) is 12.3 Å². The summed E-state index contributed by atoms with van der Waals surface area (Å²) in [5.41, 5.74) is 0. The number of hydrogen-bond donors (Lipinski definition) is 1. The van der Waals surface area contributed by atoms with Crippen molar-refractivity contribution in [3.63, 3.8) is 0 Å². The van der Waals surface area contributed by atoms with Crippen molar-refractivity contribution in [3.8, 4) is 5.88 Å². The first kappa shape index (κ1) is 15.7. The highest BCUT2D eigenvalue weighted by Gasteiger charge is 1.99. The van der Waals surface area contributed by atoms with Crippen molar-refractivity contribution in [2.75, 3.05) is 45.4 Å². The molecule has 0 radical (unpaired) electrons. The van der Waals surface area contributed by atoms with Gasteiger partial charge in [-0.2, -0.15) is 4.98 Å². The number of methoxy groups -OCH3 is 1. The topological polar surface area (TPSA) is 65.5 Å². The molecule has 0 bridgehead atoms. The fraction of sp³-hybridized carbons (Fsp3) is 0.692. The minimum Gasteiger partial charge on any atom is -0.475 e. The third-order valence-electron chi connectivity index (χ3n) is 2.28. The normalized spacial score (nSPS) is 10.4. The molecule has 0 aliphatic rings. The van der Waals surface area contributed by atoms with Gasteiger partial charge in [-0.05, 0) is 12.8 Å². The second-order valence-corrected chi connectivity index (χ2v) is 3.95. The average molecular weight is 269 g/mol. The Labute approximate surface area is 114 Å². The minimum absolute atomic E-state index is 0.483. The largest absolute Gasteiger partial charge is 0.475 e. The van der Waals surface area contributed by atoms with Gasteiger partial charge in [0.1, 0.15) is 6.61 Å². The minimum atomic E-state index is 0.483. The number of hydrogen-bond acceptors (Lipinski definition) is 6. The predicted molar refractivity (Wildman–Crippen MR) is 73.6 cm³/mol. The number of aromatic nitrogens is 2. The van der Waals surface area contributed by atoms with Crippen LogP contribution in [0.5, 0.6) is 5.88 Å². The molecule has 0 aromatic carbocycles. The Bertz CT molecular complexity index is 337. The molecule has 0 aliphatic heterocycles. The summed E-state index contributed by atoms with van der Waals surface area (Å²) in [6.07, 6.45) is 3.61. The van der Waals surface area contributed by atoms with Crippen LogP contribution in [0.2, 0.25) is 0 Å². The van der Waals surface area contributed by atoms with Crippen LogP contribution in [0.1, 0.15) is 19.8 Å². The maximum atomic E-state index is 5.49. The van der Waals surface area contributed by atoms with Crippen molar-refractivity contribution in [1.29, 1.82) is 0 Å². The Morgan fingerprint density at radius 2 is 2.11 bits per heavy atom. The maximum absolute atomic E-state index is 5.49. The third kappa shape index (κ3) is 7.58. The Morgan fingerprint density at radius 3 is 2.89 bits per heavy atom. The van der Waals surface area contributed by atoms with Gasteiger partial charge in [-0.25, -0.2) is 4.98 Å². The number of nitrogens with one attached hydrogen (secondary N) is 1. The first-order chi connectivity index (χ1) is 9.36. The second-order valence-electron chi connectivity index (χ2n) is 3.95. The SMILES string of the molecule is CCCNc1nccc(OCCOCCCOC)n1. The summed E-state index contributed by atoms with van der Waals surface area (Å²) in [4.78, 5) is 8.35. The summed E-state index contributed by atoms with van der Waals surface area (Å²) >= 11 is 0. The van der Waals surface area contributed by atoms with Crippen LogP contribution in [0.15, 0.2) is 12.3 Å². The first-order valence-electron chi connectivity index (χ1n) is 6.63.